The lowest BCUT2D eigenvalue weighted by Gasteiger charge is -2.28. The number of hydrogen-bond donors (Lipinski definition) is 1. The van der Waals surface area contributed by atoms with Crippen molar-refractivity contribution in [2.24, 2.45) is 0 Å². The van der Waals surface area contributed by atoms with Crippen molar-refractivity contribution in [1.29, 1.82) is 0 Å². The fraction of sp³-hybridized carbons (Fsp3) is 0.348. The number of nitrogens with one attached hydrogen (secondary N) is 1. The Balaban J connectivity index is 1.47. The number of aromatic nitrogens is 3. The topological polar surface area (TPSA) is 81.5 Å². The summed E-state index contributed by atoms with van der Waals surface area (Å²) >= 11 is 0. The number of ether oxygens (including phenoxy) is 2. The molecular formula is C23H27N5O3. The van der Waals surface area contributed by atoms with Crippen LogP contribution in [0.5, 0.6) is 11.5 Å². The lowest BCUT2D eigenvalue weighted by molar-refractivity contribution is 0.188. The summed E-state index contributed by atoms with van der Waals surface area (Å²) in [7, 11) is 3.29. The Morgan fingerprint density at radius 1 is 1.16 bits per heavy atom. The number of amides is 2. The minimum Gasteiger partial charge on any atom is -0.497 e. The Kier molecular flexibility index (Phi) is 6.06. The van der Waals surface area contributed by atoms with Crippen LogP contribution < -0.4 is 14.8 Å². The third kappa shape index (κ3) is 4.33. The van der Waals surface area contributed by atoms with Gasteiger partial charge in [0.1, 0.15) is 24.2 Å². The van der Waals surface area contributed by atoms with E-state index in [1.165, 1.54) is 6.33 Å². The quantitative estimate of drug-likeness (QED) is 0.653. The van der Waals surface area contributed by atoms with Gasteiger partial charge < -0.3 is 19.7 Å². The number of likely N-dealkylation sites (tertiary alicyclic amines) is 1. The summed E-state index contributed by atoms with van der Waals surface area (Å²) in [4.78, 5) is 19.0. The van der Waals surface area contributed by atoms with E-state index in [0.717, 1.165) is 41.2 Å². The number of methoxy groups -OCH3 is 2. The summed E-state index contributed by atoms with van der Waals surface area (Å²) in [5.41, 5.74) is 2.91. The number of carbonyl (C=O) groups excluding carboxylic acids is 1. The monoisotopic (exact) mass is 421 g/mol. The van der Waals surface area contributed by atoms with Gasteiger partial charge in [-0.25, -0.2) is 14.5 Å². The molecule has 2 unspecified atom stereocenters. The lowest BCUT2D eigenvalue weighted by atomic mass is 10.0. The van der Waals surface area contributed by atoms with Crippen LogP contribution in [0, 0.1) is 0 Å². The van der Waals surface area contributed by atoms with Crippen LogP contribution in [0.25, 0.3) is 5.69 Å². The molecule has 0 aliphatic carbocycles. The molecule has 1 aromatic heterocycles. The predicted octanol–water partition coefficient (Wildman–Crippen LogP) is 3.89. The zero-order chi connectivity index (χ0) is 21.8. The van der Waals surface area contributed by atoms with Crippen LogP contribution in [-0.2, 0) is 0 Å². The molecule has 1 saturated heterocycles. The van der Waals surface area contributed by atoms with Gasteiger partial charge in [-0.1, -0.05) is 12.1 Å². The molecule has 0 bridgehead atoms. The van der Waals surface area contributed by atoms with Crippen LogP contribution >= 0.6 is 0 Å². The van der Waals surface area contributed by atoms with Gasteiger partial charge in [0.25, 0.3) is 0 Å². The Labute approximate surface area is 181 Å². The first-order chi connectivity index (χ1) is 15.1. The molecule has 2 amide bonds. The Morgan fingerprint density at radius 3 is 2.65 bits per heavy atom. The van der Waals surface area contributed by atoms with Crippen molar-refractivity contribution in [3.8, 4) is 17.2 Å². The van der Waals surface area contributed by atoms with Crippen molar-refractivity contribution in [2.75, 3.05) is 20.8 Å². The molecule has 2 atom stereocenters. The summed E-state index contributed by atoms with van der Waals surface area (Å²) in [6.45, 7) is 2.69. The zero-order valence-corrected chi connectivity index (χ0v) is 18.0. The third-order valence-electron chi connectivity index (χ3n) is 5.73. The molecule has 4 rings (SSSR count). The van der Waals surface area contributed by atoms with Gasteiger partial charge in [0.2, 0.25) is 0 Å². The maximum absolute atomic E-state index is 13.1. The molecule has 8 heteroatoms. The van der Waals surface area contributed by atoms with Crippen LogP contribution in [0.15, 0.2) is 55.1 Å². The number of urea groups is 1. The SMILES string of the molecule is COc1ccc(OC)c(C2CCCN2C(=O)NC(C)c2ccc(-n3cncn3)cc2)c1. The molecule has 8 nitrogen and oxygen atoms in total. The van der Waals surface area contributed by atoms with Crippen molar-refractivity contribution < 1.29 is 14.3 Å². The van der Waals surface area contributed by atoms with Gasteiger partial charge in [-0.3, -0.25) is 0 Å². The van der Waals surface area contributed by atoms with Gasteiger partial charge in [-0.15, -0.1) is 0 Å². The number of benzene rings is 2. The predicted molar refractivity (Wildman–Crippen MR) is 117 cm³/mol. The molecule has 31 heavy (non-hydrogen) atoms. The van der Waals surface area contributed by atoms with Crippen molar-refractivity contribution in [1.82, 2.24) is 25.0 Å². The molecule has 0 spiro atoms. The highest BCUT2D eigenvalue weighted by Gasteiger charge is 2.32. The van der Waals surface area contributed by atoms with Crippen LogP contribution in [0.1, 0.15) is 43.0 Å². The minimum absolute atomic E-state index is 0.0491. The second kappa shape index (κ2) is 9.07. The smallest absolute Gasteiger partial charge is 0.318 e. The van der Waals surface area contributed by atoms with Crippen LogP contribution in [0.2, 0.25) is 0 Å². The van der Waals surface area contributed by atoms with E-state index in [0.29, 0.717) is 6.54 Å². The fourth-order valence-corrected chi connectivity index (χ4v) is 4.04. The summed E-state index contributed by atoms with van der Waals surface area (Å²) in [6, 6.07) is 13.4. The second-order valence-corrected chi connectivity index (χ2v) is 7.56. The average molecular weight is 422 g/mol. The van der Waals surface area contributed by atoms with Crippen molar-refractivity contribution in [3.63, 3.8) is 0 Å². The van der Waals surface area contributed by atoms with Crippen molar-refractivity contribution in [3.05, 3.63) is 66.2 Å². The molecule has 1 fully saturated rings. The van der Waals surface area contributed by atoms with Gasteiger partial charge in [0.15, 0.2) is 0 Å². The first-order valence-corrected chi connectivity index (χ1v) is 10.3. The number of rotatable bonds is 6. The van der Waals surface area contributed by atoms with Gasteiger partial charge in [-0.05, 0) is 55.7 Å². The van der Waals surface area contributed by atoms with Gasteiger partial charge >= 0.3 is 6.03 Å². The maximum atomic E-state index is 13.1. The van der Waals surface area contributed by atoms with Crippen LogP contribution in [0.4, 0.5) is 4.79 Å². The number of hydrogen-bond acceptors (Lipinski definition) is 5. The number of nitrogens with zero attached hydrogens (tertiary/aromatic N) is 4. The van der Waals surface area contributed by atoms with E-state index >= 15 is 0 Å². The highest BCUT2D eigenvalue weighted by molar-refractivity contribution is 5.76. The average Bonchev–Trinajstić information content (AvgIpc) is 3.51. The van der Waals surface area contributed by atoms with E-state index in [2.05, 4.69) is 15.4 Å². The lowest BCUT2D eigenvalue weighted by Crippen LogP contribution is -2.40. The second-order valence-electron chi connectivity index (χ2n) is 7.56. The molecule has 2 heterocycles. The Bertz CT molecular complexity index is 1020. The largest absolute Gasteiger partial charge is 0.497 e. The normalized spacial score (nSPS) is 16.7. The Hall–Kier alpha value is -3.55. The highest BCUT2D eigenvalue weighted by atomic mass is 16.5. The molecule has 1 N–H and O–H groups in total. The molecule has 0 radical (unpaired) electrons. The third-order valence-corrected chi connectivity index (χ3v) is 5.73. The van der Waals surface area contributed by atoms with Crippen molar-refractivity contribution >= 4 is 6.03 Å². The first kappa shape index (κ1) is 20.7. The maximum Gasteiger partial charge on any atom is 0.318 e. The van der Waals surface area contributed by atoms with E-state index in [4.69, 9.17) is 9.47 Å². The van der Waals surface area contributed by atoms with E-state index < -0.39 is 0 Å². The van der Waals surface area contributed by atoms with Crippen LogP contribution in [0.3, 0.4) is 0 Å². The van der Waals surface area contributed by atoms with E-state index in [9.17, 15) is 4.79 Å². The Morgan fingerprint density at radius 2 is 1.97 bits per heavy atom. The summed E-state index contributed by atoms with van der Waals surface area (Å²) in [5, 5.41) is 7.27. The molecule has 162 valence electrons. The van der Waals surface area contributed by atoms with Crippen molar-refractivity contribution in [2.45, 2.75) is 31.8 Å². The zero-order valence-electron chi connectivity index (χ0n) is 18.0. The summed E-state index contributed by atoms with van der Waals surface area (Å²) in [5.74, 6) is 1.52. The van der Waals surface area contributed by atoms with Crippen LogP contribution in [-0.4, -0.2) is 46.5 Å². The summed E-state index contributed by atoms with van der Waals surface area (Å²) < 4.78 is 12.6. The molecular weight excluding hydrogens is 394 g/mol. The molecule has 2 aromatic carbocycles. The fourth-order valence-electron chi connectivity index (χ4n) is 4.04. The highest BCUT2D eigenvalue weighted by Crippen LogP contribution is 2.39. The van der Waals surface area contributed by atoms with Gasteiger partial charge in [0, 0.05) is 12.1 Å². The van der Waals surface area contributed by atoms with Gasteiger partial charge in [0.05, 0.1) is 32.0 Å². The molecule has 1 aliphatic heterocycles. The first-order valence-electron chi connectivity index (χ1n) is 10.3. The molecule has 3 aromatic rings. The number of carbonyl (C=O) groups is 1. The summed E-state index contributed by atoms with van der Waals surface area (Å²) in [6.07, 6.45) is 4.98. The standard InChI is InChI=1S/C23H27N5O3/c1-16(17-6-8-18(9-7-17)28-15-24-14-25-28)26-23(29)27-12-4-5-21(27)20-13-19(30-2)10-11-22(20)31-3/h6-11,13-16,21H,4-5,12H2,1-3H3,(H,26,29). The van der Waals surface area contributed by atoms with E-state index in [1.54, 1.807) is 25.2 Å². The minimum atomic E-state index is -0.134. The molecule has 1 aliphatic rings. The van der Waals surface area contributed by atoms with E-state index in [1.807, 2.05) is 54.3 Å². The van der Waals surface area contributed by atoms with Gasteiger partial charge in [-0.2, -0.15) is 5.10 Å². The van der Waals surface area contributed by atoms with E-state index in [-0.39, 0.29) is 18.1 Å². The molecule has 0 saturated carbocycles.